The Labute approximate surface area is 123 Å². The number of hydrogen-bond acceptors (Lipinski definition) is 2. The molecule has 0 unspecified atom stereocenters. The number of amides is 1. The van der Waals surface area contributed by atoms with Crippen molar-refractivity contribution in [2.45, 2.75) is 25.9 Å². The van der Waals surface area contributed by atoms with E-state index in [9.17, 15) is 9.18 Å². The summed E-state index contributed by atoms with van der Waals surface area (Å²) in [6, 6.07) is 12.5. The lowest BCUT2D eigenvalue weighted by atomic mass is 9.95. The summed E-state index contributed by atoms with van der Waals surface area (Å²) in [6.07, 6.45) is 0.621. The Bertz CT molecular complexity index is 684. The summed E-state index contributed by atoms with van der Waals surface area (Å²) in [5.74, 6) is -0.605. The maximum Gasteiger partial charge on any atom is 0.241 e. The smallest absolute Gasteiger partial charge is 0.241 e. The molecule has 1 amide bonds. The Morgan fingerprint density at radius 2 is 2.00 bits per heavy atom. The topological polar surface area (TPSA) is 41.1 Å². The van der Waals surface area contributed by atoms with Crippen LogP contribution in [0.5, 0.6) is 0 Å². The summed E-state index contributed by atoms with van der Waals surface area (Å²) in [6.45, 7) is 2.47. The van der Waals surface area contributed by atoms with Crippen LogP contribution in [0.1, 0.15) is 16.7 Å². The largest absolute Gasteiger partial charge is 0.322 e. The first kappa shape index (κ1) is 13.8. The minimum Gasteiger partial charge on any atom is -0.322 e. The molecule has 0 aromatic heterocycles. The third-order valence-corrected chi connectivity index (χ3v) is 3.78. The van der Waals surface area contributed by atoms with Crippen LogP contribution in [0.3, 0.4) is 0 Å². The molecule has 21 heavy (non-hydrogen) atoms. The molecule has 1 atom stereocenters. The summed E-state index contributed by atoms with van der Waals surface area (Å²) in [5, 5.41) is 5.85. The minimum absolute atomic E-state index is 0.202. The molecule has 108 valence electrons. The third-order valence-electron chi connectivity index (χ3n) is 3.78. The number of hydrogen-bond donors (Lipinski definition) is 2. The van der Waals surface area contributed by atoms with Crippen molar-refractivity contribution < 1.29 is 9.18 Å². The predicted octanol–water partition coefficient (Wildman–Crippen LogP) is 2.79. The maximum absolute atomic E-state index is 13.8. The van der Waals surface area contributed by atoms with E-state index < -0.39 is 5.82 Å². The molecule has 0 saturated carbocycles. The van der Waals surface area contributed by atoms with Crippen LogP contribution in [0.2, 0.25) is 0 Å². The average Bonchev–Trinajstić information content (AvgIpc) is 2.49. The van der Waals surface area contributed by atoms with Gasteiger partial charge in [-0.05, 0) is 42.2 Å². The van der Waals surface area contributed by atoms with Crippen LogP contribution < -0.4 is 10.6 Å². The molecule has 0 aliphatic carbocycles. The van der Waals surface area contributed by atoms with Crippen LogP contribution in [0.25, 0.3) is 0 Å². The van der Waals surface area contributed by atoms with Crippen LogP contribution in [-0.4, -0.2) is 11.9 Å². The molecular formula is C17H17FN2O. The number of nitrogens with one attached hydrogen (secondary N) is 2. The van der Waals surface area contributed by atoms with Gasteiger partial charge in [0.25, 0.3) is 0 Å². The van der Waals surface area contributed by atoms with Gasteiger partial charge in [-0.1, -0.05) is 30.3 Å². The lowest BCUT2D eigenvalue weighted by Crippen LogP contribution is -2.44. The van der Waals surface area contributed by atoms with E-state index >= 15 is 0 Å². The fourth-order valence-electron chi connectivity index (χ4n) is 2.58. The van der Waals surface area contributed by atoms with Gasteiger partial charge in [0.05, 0.1) is 11.7 Å². The third kappa shape index (κ3) is 2.95. The highest BCUT2D eigenvalue weighted by Gasteiger charge is 2.24. The first-order valence-electron chi connectivity index (χ1n) is 7.00. The van der Waals surface area contributed by atoms with E-state index in [1.165, 1.54) is 17.2 Å². The van der Waals surface area contributed by atoms with Crippen molar-refractivity contribution in [1.82, 2.24) is 5.32 Å². The van der Waals surface area contributed by atoms with Gasteiger partial charge in [0.1, 0.15) is 5.82 Å². The van der Waals surface area contributed by atoms with Crippen LogP contribution >= 0.6 is 0 Å². The Morgan fingerprint density at radius 3 is 2.76 bits per heavy atom. The standard InChI is InChI=1S/C17H17FN2O/c1-11-6-7-15(14(18)8-11)20-17(21)16-9-12-4-2-3-5-13(12)10-19-16/h2-8,16,19H,9-10H2,1H3,(H,20,21)/t16-/m1/s1. The van der Waals surface area contributed by atoms with E-state index in [-0.39, 0.29) is 17.6 Å². The van der Waals surface area contributed by atoms with E-state index in [0.717, 1.165) is 5.56 Å². The number of rotatable bonds is 2. The van der Waals surface area contributed by atoms with Crippen molar-refractivity contribution in [3.05, 3.63) is 65.0 Å². The van der Waals surface area contributed by atoms with Gasteiger partial charge < -0.3 is 10.6 Å². The number of carbonyl (C=O) groups is 1. The average molecular weight is 284 g/mol. The lowest BCUT2D eigenvalue weighted by molar-refractivity contribution is -0.118. The second-order valence-electron chi connectivity index (χ2n) is 5.38. The number of halogens is 1. The van der Waals surface area contributed by atoms with Gasteiger partial charge in [-0.25, -0.2) is 4.39 Å². The molecule has 1 heterocycles. The fraction of sp³-hybridized carbons (Fsp3) is 0.235. The quantitative estimate of drug-likeness (QED) is 0.890. The molecule has 3 nitrogen and oxygen atoms in total. The predicted molar refractivity (Wildman–Crippen MR) is 80.5 cm³/mol. The lowest BCUT2D eigenvalue weighted by Gasteiger charge is -2.25. The van der Waals surface area contributed by atoms with Crippen molar-refractivity contribution in [2.24, 2.45) is 0 Å². The number of fused-ring (bicyclic) bond motifs is 1. The second-order valence-corrected chi connectivity index (χ2v) is 5.38. The molecule has 0 saturated heterocycles. The molecular weight excluding hydrogens is 267 g/mol. The number of benzene rings is 2. The van der Waals surface area contributed by atoms with E-state index in [1.807, 2.05) is 25.1 Å². The Morgan fingerprint density at radius 1 is 1.24 bits per heavy atom. The summed E-state index contributed by atoms with van der Waals surface area (Å²) in [4.78, 5) is 12.3. The van der Waals surface area contributed by atoms with E-state index in [0.29, 0.717) is 13.0 Å². The van der Waals surface area contributed by atoms with Crippen LogP contribution in [0.15, 0.2) is 42.5 Å². The highest BCUT2D eigenvalue weighted by Crippen LogP contribution is 2.19. The van der Waals surface area contributed by atoms with Gasteiger partial charge in [-0.2, -0.15) is 0 Å². The van der Waals surface area contributed by atoms with Crippen molar-refractivity contribution in [2.75, 3.05) is 5.32 Å². The Balaban J connectivity index is 1.72. The molecule has 4 heteroatoms. The van der Waals surface area contributed by atoms with Crippen molar-refractivity contribution in [3.8, 4) is 0 Å². The van der Waals surface area contributed by atoms with E-state index in [4.69, 9.17) is 0 Å². The molecule has 2 aromatic rings. The summed E-state index contributed by atoms with van der Waals surface area (Å²) in [5.41, 5.74) is 3.44. The van der Waals surface area contributed by atoms with Gasteiger partial charge in [0.15, 0.2) is 0 Å². The molecule has 0 fully saturated rings. The van der Waals surface area contributed by atoms with Crippen molar-refractivity contribution in [1.29, 1.82) is 0 Å². The summed E-state index contributed by atoms with van der Waals surface area (Å²) >= 11 is 0. The molecule has 0 radical (unpaired) electrons. The number of anilines is 1. The highest BCUT2D eigenvalue weighted by molar-refractivity contribution is 5.95. The van der Waals surface area contributed by atoms with Crippen LogP contribution in [0.4, 0.5) is 10.1 Å². The number of carbonyl (C=O) groups excluding carboxylic acids is 1. The van der Waals surface area contributed by atoms with E-state index in [2.05, 4.69) is 16.7 Å². The Hall–Kier alpha value is -2.20. The summed E-state index contributed by atoms with van der Waals surface area (Å²) < 4.78 is 13.8. The van der Waals surface area contributed by atoms with Gasteiger partial charge in [0, 0.05) is 6.54 Å². The second kappa shape index (κ2) is 5.66. The fourth-order valence-corrected chi connectivity index (χ4v) is 2.58. The molecule has 0 bridgehead atoms. The minimum atomic E-state index is -0.403. The zero-order valence-corrected chi connectivity index (χ0v) is 11.8. The number of aryl methyl sites for hydroxylation is 1. The van der Waals surface area contributed by atoms with Crippen molar-refractivity contribution >= 4 is 11.6 Å². The van der Waals surface area contributed by atoms with E-state index in [1.54, 1.807) is 12.1 Å². The van der Waals surface area contributed by atoms with Crippen molar-refractivity contribution in [3.63, 3.8) is 0 Å². The Kier molecular flexibility index (Phi) is 3.71. The van der Waals surface area contributed by atoms with Gasteiger partial charge in [-0.15, -0.1) is 0 Å². The molecule has 1 aliphatic rings. The SMILES string of the molecule is Cc1ccc(NC(=O)[C@H]2Cc3ccccc3CN2)c(F)c1. The molecule has 2 aromatic carbocycles. The first-order chi connectivity index (χ1) is 10.1. The maximum atomic E-state index is 13.8. The highest BCUT2D eigenvalue weighted by atomic mass is 19.1. The molecule has 1 aliphatic heterocycles. The zero-order chi connectivity index (χ0) is 14.8. The molecule has 2 N–H and O–H groups in total. The van der Waals surface area contributed by atoms with Crippen LogP contribution in [-0.2, 0) is 17.8 Å². The van der Waals surface area contributed by atoms with Gasteiger partial charge in [0.2, 0.25) is 5.91 Å². The van der Waals surface area contributed by atoms with Crippen LogP contribution in [0, 0.1) is 12.7 Å². The van der Waals surface area contributed by atoms with Gasteiger partial charge >= 0.3 is 0 Å². The molecule has 0 spiro atoms. The monoisotopic (exact) mass is 284 g/mol. The normalized spacial score (nSPS) is 17.1. The first-order valence-corrected chi connectivity index (χ1v) is 7.00. The summed E-state index contributed by atoms with van der Waals surface area (Å²) in [7, 11) is 0. The molecule has 3 rings (SSSR count). The zero-order valence-electron chi connectivity index (χ0n) is 11.8. The van der Waals surface area contributed by atoms with Gasteiger partial charge in [-0.3, -0.25) is 4.79 Å².